The number of nitrogens with zero attached hydrogens (tertiary/aromatic N) is 1. The molecular weight excluding hydrogens is 240 g/mol. The van der Waals surface area contributed by atoms with Crippen LogP contribution in [0.4, 0.5) is 0 Å². The Morgan fingerprint density at radius 2 is 2.12 bits per heavy atom. The molecule has 5 heteroatoms. The van der Waals surface area contributed by atoms with Gasteiger partial charge in [0.05, 0.1) is 11.0 Å². The summed E-state index contributed by atoms with van der Waals surface area (Å²) >= 11 is 5.72. The van der Waals surface area contributed by atoms with E-state index in [9.17, 15) is 4.79 Å². The average Bonchev–Trinajstić information content (AvgIpc) is 2.82. The molecule has 86 valence electrons. The molecule has 0 aliphatic rings. The van der Waals surface area contributed by atoms with E-state index >= 15 is 0 Å². The number of hydrogen-bond donors (Lipinski definition) is 1. The standard InChI is InChI=1S/C12H9ClN2O2/c1-7-3-2-4-8-11(7)14-12(16)15(8)10-6-5-9(13)17-10/h2-6H,1H3,(H,14,16). The summed E-state index contributed by atoms with van der Waals surface area (Å²) in [7, 11) is 0. The first-order chi connectivity index (χ1) is 8.16. The summed E-state index contributed by atoms with van der Waals surface area (Å²) in [6, 6.07) is 8.97. The normalized spacial score (nSPS) is 11.2. The van der Waals surface area contributed by atoms with Crippen LogP contribution in [0.3, 0.4) is 0 Å². The van der Waals surface area contributed by atoms with Crippen LogP contribution in [0.25, 0.3) is 16.9 Å². The fourth-order valence-electron chi connectivity index (χ4n) is 1.92. The van der Waals surface area contributed by atoms with Crippen LogP contribution in [0.15, 0.2) is 39.5 Å². The SMILES string of the molecule is Cc1cccc2c1[nH]c(=O)n2-c1ccc(Cl)o1. The Balaban J connectivity index is 2.40. The molecule has 0 aliphatic heterocycles. The van der Waals surface area contributed by atoms with Crippen LogP contribution in [0.5, 0.6) is 0 Å². The minimum absolute atomic E-state index is 0.236. The molecular formula is C12H9ClN2O2. The van der Waals surface area contributed by atoms with Crippen molar-refractivity contribution >= 4 is 22.6 Å². The zero-order valence-electron chi connectivity index (χ0n) is 9.03. The van der Waals surface area contributed by atoms with Crippen molar-refractivity contribution < 1.29 is 4.42 Å². The highest BCUT2D eigenvalue weighted by Crippen LogP contribution is 2.21. The summed E-state index contributed by atoms with van der Waals surface area (Å²) < 4.78 is 6.73. The molecule has 4 nitrogen and oxygen atoms in total. The average molecular weight is 249 g/mol. The quantitative estimate of drug-likeness (QED) is 0.720. The second kappa shape index (κ2) is 3.53. The zero-order valence-corrected chi connectivity index (χ0v) is 9.78. The van der Waals surface area contributed by atoms with E-state index < -0.39 is 0 Å². The fourth-order valence-corrected chi connectivity index (χ4v) is 2.06. The van der Waals surface area contributed by atoms with Gasteiger partial charge in [0.25, 0.3) is 0 Å². The van der Waals surface area contributed by atoms with Crippen molar-refractivity contribution in [3.05, 3.63) is 51.6 Å². The second-order valence-electron chi connectivity index (χ2n) is 3.81. The molecule has 0 saturated heterocycles. The number of H-pyrrole nitrogens is 1. The number of hydrogen-bond acceptors (Lipinski definition) is 2. The van der Waals surface area contributed by atoms with Gasteiger partial charge in [-0.1, -0.05) is 12.1 Å². The van der Waals surface area contributed by atoms with Gasteiger partial charge in [-0.05, 0) is 36.2 Å². The van der Waals surface area contributed by atoms with Gasteiger partial charge in [-0.15, -0.1) is 0 Å². The number of para-hydroxylation sites is 1. The Bertz CT molecular complexity index is 751. The lowest BCUT2D eigenvalue weighted by Gasteiger charge is -1.98. The predicted octanol–water partition coefficient (Wildman–Crippen LogP) is 2.87. The third-order valence-corrected chi connectivity index (χ3v) is 2.91. The van der Waals surface area contributed by atoms with Gasteiger partial charge < -0.3 is 9.40 Å². The number of nitrogens with one attached hydrogen (secondary N) is 1. The van der Waals surface area contributed by atoms with Crippen molar-refractivity contribution in [2.24, 2.45) is 0 Å². The van der Waals surface area contributed by atoms with E-state index in [2.05, 4.69) is 4.98 Å². The van der Waals surface area contributed by atoms with E-state index in [1.807, 2.05) is 25.1 Å². The molecule has 0 fully saturated rings. The maximum absolute atomic E-state index is 11.9. The van der Waals surface area contributed by atoms with Crippen molar-refractivity contribution in [2.45, 2.75) is 6.92 Å². The number of rotatable bonds is 1. The van der Waals surface area contributed by atoms with E-state index in [1.165, 1.54) is 4.57 Å². The summed E-state index contributed by atoms with van der Waals surface area (Å²) in [5, 5.41) is 0.258. The maximum Gasteiger partial charge on any atom is 0.333 e. The number of fused-ring (bicyclic) bond motifs is 1. The third-order valence-electron chi connectivity index (χ3n) is 2.71. The van der Waals surface area contributed by atoms with Crippen LogP contribution in [-0.4, -0.2) is 9.55 Å². The lowest BCUT2D eigenvalue weighted by molar-refractivity contribution is 0.540. The zero-order chi connectivity index (χ0) is 12.0. The number of aromatic nitrogens is 2. The van der Waals surface area contributed by atoms with E-state index in [-0.39, 0.29) is 10.9 Å². The summed E-state index contributed by atoms with van der Waals surface area (Å²) in [6.07, 6.45) is 0. The minimum Gasteiger partial charge on any atom is -0.428 e. The molecule has 0 aliphatic carbocycles. The molecule has 2 aromatic heterocycles. The van der Waals surface area contributed by atoms with Crippen molar-refractivity contribution in [3.63, 3.8) is 0 Å². The predicted molar refractivity (Wildman–Crippen MR) is 65.9 cm³/mol. The number of furan rings is 1. The highest BCUT2D eigenvalue weighted by atomic mass is 35.5. The number of imidazole rings is 1. The van der Waals surface area contributed by atoms with Crippen LogP contribution in [-0.2, 0) is 0 Å². The lowest BCUT2D eigenvalue weighted by Crippen LogP contribution is -2.13. The molecule has 0 radical (unpaired) electrons. The Morgan fingerprint density at radius 3 is 2.82 bits per heavy atom. The van der Waals surface area contributed by atoms with Gasteiger partial charge in [0.2, 0.25) is 5.88 Å². The van der Waals surface area contributed by atoms with E-state index in [1.54, 1.807) is 12.1 Å². The molecule has 17 heavy (non-hydrogen) atoms. The molecule has 0 bridgehead atoms. The van der Waals surface area contributed by atoms with Gasteiger partial charge in [-0.25, -0.2) is 9.36 Å². The molecule has 0 amide bonds. The first-order valence-electron chi connectivity index (χ1n) is 5.13. The van der Waals surface area contributed by atoms with Crippen molar-refractivity contribution in [3.8, 4) is 5.88 Å². The van der Waals surface area contributed by atoms with Gasteiger partial charge in [-0.3, -0.25) is 0 Å². The summed E-state index contributed by atoms with van der Waals surface area (Å²) in [5.41, 5.74) is 2.36. The van der Waals surface area contributed by atoms with E-state index in [4.69, 9.17) is 16.0 Å². The van der Waals surface area contributed by atoms with E-state index in [0.717, 1.165) is 16.6 Å². The number of aromatic amines is 1. The van der Waals surface area contributed by atoms with Crippen LogP contribution in [0.2, 0.25) is 5.22 Å². The molecule has 0 atom stereocenters. The van der Waals surface area contributed by atoms with Gasteiger partial charge in [0.1, 0.15) is 0 Å². The Labute approximate surface area is 101 Å². The monoisotopic (exact) mass is 248 g/mol. The molecule has 2 heterocycles. The Hall–Kier alpha value is -1.94. The Kier molecular flexibility index (Phi) is 2.12. The molecule has 3 rings (SSSR count). The topological polar surface area (TPSA) is 50.9 Å². The molecule has 0 unspecified atom stereocenters. The first-order valence-corrected chi connectivity index (χ1v) is 5.50. The van der Waals surface area contributed by atoms with Crippen LogP contribution in [0, 0.1) is 6.92 Å². The van der Waals surface area contributed by atoms with Crippen molar-refractivity contribution in [1.82, 2.24) is 9.55 Å². The summed E-state index contributed by atoms with van der Waals surface area (Å²) in [4.78, 5) is 14.7. The number of benzene rings is 1. The third kappa shape index (κ3) is 1.49. The molecule has 1 N–H and O–H groups in total. The smallest absolute Gasteiger partial charge is 0.333 e. The van der Waals surface area contributed by atoms with Crippen molar-refractivity contribution in [2.75, 3.05) is 0 Å². The van der Waals surface area contributed by atoms with Gasteiger partial charge >= 0.3 is 5.69 Å². The fraction of sp³-hybridized carbons (Fsp3) is 0.0833. The van der Waals surface area contributed by atoms with Gasteiger partial charge in [-0.2, -0.15) is 0 Å². The molecule has 0 saturated carbocycles. The first kappa shape index (κ1) is 10.2. The summed E-state index contributed by atoms with van der Waals surface area (Å²) in [5.74, 6) is 0.414. The second-order valence-corrected chi connectivity index (χ2v) is 4.18. The van der Waals surface area contributed by atoms with E-state index in [0.29, 0.717) is 5.88 Å². The van der Waals surface area contributed by atoms with Gasteiger partial charge in [0.15, 0.2) is 5.22 Å². The lowest BCUT2D eigenvalue weighted by atomic mass is 10.2. The molecule has 3 aromatic rings. The summed E-state index contributed by atoms with van der Waals surface area (Å²) in [6.45, 7) is 1.94. The highest BCUT2D eigenvalue weighted by Gasteiger charge is 2.12. The molecule has 1 aromatic carbocycles. The van der Waals surface area contributed by atoms with Crippen LogP contribution in [0.1, 0.15) is 5.56 Å². The Morgan fingerprint density at radius 1 is 1.29 bits per heavy atom. The highest BCUT2D eigenvalue weighted by molar-refractivity contribution is 6.28. The maximum atomic E-state index is 11.9. The van der Waals surface area contributed by atoms with Crippen molar-refractivity contribution in [1.29, 1.82) is 0 Å². The molecule has 0 spiro atoms. The van der Waals surface area contributed by atoms with Crippen LogP contribution >= 0.6 is 11.6 Å². The van der Waals surface area contributed by atoms with Gasteiger partial charge in [0, 0.05) is 6.07 Å². The number of halogens is 1. The minimum atomic E-state index is -0.236. The number of aryl methyl sites for hydroxylation is 1. The van der Waals surface area contributed by atoms with Crippen LogP contribution < -0.4 is 5.69 Å². The largest absolute Gasteiger partial charge is 0.428 e.